The zero-order valence-electron chi connectivity index (χ0n) is 10.9. The number of hydrogen-bond acceptors (Lipinski definition) is 6. The first-order valence-corrected chi connectivity index (χ1v) is 8.82. The fraction of sp³-hybridized carbons (Fsp3) is 0.545. The number of rotatable bonds is 3. The van der Waals surface area contributed by atoms with Crippen molar-refractivity contribution in [2.24, 2.45) is 0 Å². The monoisotopic (exact) mass is 383 g/mol. The Kier molecular flexibility index (Phi) is 4.27. The maximum Gasteiger partial charge on any atom is 0.348 e. The van der Waals surface area contributed by atoms with E-state index in [0.29, 0.717) is 10.2 Å². The zero-order chi connectivity index (χ0) is 15.1. The van der Waals surface area contributed by atoms with E-state index in [-0.39, 0.29) is 22.9 Å². The highest BCUT2D eigenvalue weighted by Gasteiger charge is 2.39. The topological polar surface area (TPSA) is 83.9 Å². The second-order valence-electron chi connectivity index (χ2n) is 4.83. The van der Waals surface area contributed by atoms with E-state index < -0.39 is 21.6 Å². The van der Waals surface area contributed by atoms with E-state index in [1.165, 1.54) is 17.5 Å². The van der Waals surface area contributed by atoms with Crippen LogP contribution in [0.5, 0.6) is 0 Å². The molecule has 112 valence electrons. The van der Waals surface area contributed by atoms with Crippen molar-refractivity contribution in [1.29, 1.82) is 0 Å². The number of ether oxygens (including phenoxy) is 1. The number of nitrogens with zero attached hydrogens (tertiary/aromatic N) is 1. The number of carbonyl (C=O) groups is 1. The summed E-state index contributed by atoms with van der Waals surface area (Å²) in [6.07, 6.45) is 0.387. The summed E-state index contributed by atoms with van der Waals surface area (Å²) in [6.45, 7) is 1.90. The number of hydrogen-bond donors (Lipinski definition) is 1. The van der Waals surface area contributed by atoms with Gasteiger partial charge in [-0.2, -0.15) is 4.31 Å². The van der Waals surface area contributed by atoms with Gasteiger partial charge in [-0.25, -0.2) is 13.2 Å². The molecule has 1 unspecified atom stereocenters. The highest BCUT2D eigenvalue weighted by atomic mass is 79.9. The van der Waals surface area contributed by atoms with Crippen LogP contribution < -0.4 is 0 Å². The predicted octanol–water partition coefficient (Wildman–Crippen LogP) is 1.44. The molecule has 1 fully saturated rings. The Morgan fingerprint density at radius 1 is 1.60 bits per heavy atom. The van der Waals surface area contributed by atoms with E-state index in [9.17, 15) is 18.3 Å². The molecule has 0 aromatic carbocycles. The molecule has 1 saturated heterocycles. The first kappa shape index (κ1) is 15.9. The lowest BCUT2D eigenvalue weighted by atomic mass is 10.1. The minimum Gasteiger partial charge on any atom is -0.465 e. The molecular weight excluding hydrogens is 370 g/mol. The second kappa shape index (κ2) is 5.38. The molecular formula is C11H14BrNO5S2. The van der Waals surface area contributed by atoms with Crippen LogP contribution in [0.25, 0.3) is 0 Å². The molecule has 0 aliphatic carbocycles. The van der Waals surface area contributed by atoms with Gasteiger partial charge in [-0.05, 0) is 35.3 Å². The highest BCUT2D eigenvalue weighted by Crippen LogP contribution is 2.36. The van der Waals surface area contributed by atoms with Crippen LogP contribution in [0.3, 0.4) is 0 Å². The molecule has 2 rings (SSSR count). The number of thiophene rings is 1. The van der Waals surface area contributed by atoms with Crippen molar-refractivity contribution in [2.45, 2.75) is 23.8 Å². The van der Waals surface area contributed by atoms with Gasteiger partial charge in [0.25, 0.3) is 0 Å². The molecule has 1 atom stereocenters. The molecule has 1 aromatic rings. The van der Waals surface area contributed by atoms with Crippen LogP contribution in [-0.2, 0) is 14.8 Å². The molecule has 20 heavy (non-hydrogen) atoms. The second-order valence-corrected chi connectivity index (χ2v) is 9.10. The first-order chi connectivity index (χ1) is 9.17. The summed E-state index contributed by atoms with van der Waals surface area (Å²) in [4.78, 5) is 11.7. The van der Waals surface area contributed by atoms with Crippen molar-refractivity contribution < 1.29 is 23.1 Å². The van der Waals surface area contributed by atoms with Crippen LogP contribution in [0, 0.1) is 0 Å². The zero-order valence-corrected chi connectivity index (χ0v) is 14.1. The Hall–Kier alpha value is -0.480. The van der Waals surface area contributed by atoms with Gasteiger partial charge in [0.2, 0.25) is 10.0 Å². The summed E-state index contributed by atoms with van der Waals surface area (Å²) in [6, 6.07) is 1.29. The minimum absolute atomic E-state index is 0.0283. The van der Waals surface area contributed by atoms with E-state index >= 15 is 0 Å². The number of methoxy groups -OCH3 is 1. The first-order valence-electron chi connectivity index (χ1n) is 5.77. The lowest BCUT2D eigenvalue weighted by Gasteiger charge is -2.18. The molecule has 1 aliphatic rings. The Bertz CT molecular complexity index is 637. The SMILES string of the molecule is COC(=O)c1cc(S(=O)(=O)N2CCC(C)(O)C2)c(Br)s1. The van der Waals surface area contributed by atoms with E-state index in [1.54, 1.807) is 6.92 Å². The third-order valence-electron chi connectivity index (χ3n) is 3.08. The molecule has 0 bridgehead atoms. The number of sulfonamides is 1. The fourth-order valence-electron chi connectivity index (χ4n) is 1.98. The average molecular weight is 384 g/mol. The van der Waals surface area contributed by atoms with Gasteiger partial charge in [-0.1, -0.05) is 0 Å². The standard InChI is InChI=1S/C11H14BrNO5S2/c1-11(15)3-4-13(6-11)20(16,17)8-5-7(10(14)18-2)19-9(8)12/h5,15H,3-4,6H2,1-2H3. The lowest BCUT2D eigenvalue weighted by Crippen LogP contribution is -2.33. The Morgan fingerprint density at radius 3 is 2.75 bits per heavy atom. The van der Waals surface area contributed by atoms with E-state index in [2.05, 4.69) is 20.7 Å². The van der Waals surface area contributed by atoms with Gasteiger partial charge < -0.3 is 9.84 Å². The van der Waals surface area contributed by atoms with Crippen LogP contribution in [0.1, 0.15) is 23.0 Å². The molecule has 0 spiro atoms. The summed E-state index contributed by atoms with van der Waals surface area (Å²) in [5.41, 5.74) is -1.01. The van der Waals surface area contributed by atoms with Crippen molar-refractivity contribution in [3.05, 3.63) is 14.7 Å². The summed E-state index contributed by atoms with van der Waals surface area (Å²) >= 11 is 4.17. The molecule has 0 saturated carbocycles. The number of β-amino-alcohol motifs (C(OH)–C–C–N with tert-alkyl or cyclic N) is 1. The van der Waals surface area contributed by atoms with Crippen molar-refractivity contribution in [3.63, 3.8) is 0 Å². The normalized spacial score (nSPS) is 24.0. The van der Waals surface area contributed by atoms with E-state index in [1.807, 2.05) is 0 Å². The third kappa shape index (κ3) is 2.91. The molecule has 1 aromatic heterocycles. The van der Waals surface area contributed by atoms with Gasteiger partial charge in [0.15, 0.2) is 0 Å². The van der Waals surface area contributed by atoms with Crippen LogP contribution in [-0.4, -0.2) is 49.6 Å². The van der Waals surface area contributed by atoms with Crippen molar-refractivity contribution >= 4 is 43.3 Å². The number of halogens is 1. The van der Waals surface area contributed by atoms with Gasteiger partial charge in [0.05, 0.1) is 16.5 Å². The average Bonchev–Trinajstić information content (AvgIpc) is 2.92. The van der Waals surface area contributed by atoms with Gasteiger partial charge in [-0.15, -0.1) is 11.3 Å². The fourth-order valence-corrected chi connectivity index (χ4v) is 5.97. The van der Waals surface area contributed by atoms with Gasteiger partial charge in [-0.3, -0.25) is 0 Å². The lowest BCUT2D eigenvalue weighted by molar-refractivity contribution is 0.0605. The molecule has 0 radical (unpaired) electrons. The third-order valence-corrected chi connectivity index (χ3v) is 7.15. The maximum absolute atomic E-state index is 12.5. The van der Waals surface area contributed by atoms with Crippen molar-refractivity contribution in [1.82, 2.24) is 4.31 Å². The van der Waals surface area contributed by atoms with Gasteiger partial charge in [0.1, 0.15) is 9.77 Å². The van der Waals surface area contributed by atoms with Crippen molar-refractivity contribution in [3.8, 4) is 0 Å². The minimum atomic E-state index is -3.73. The summed E-state index contributed by atoms with van der Waals surface area (Å²) in [5, 5.41) is 9.89. The summed E-state index contributed by atoms with van der Waals surface area (Å²) < 4.78 is 31.2. The number of aliphatic hydroxyl groups is 1. The van der Waals surface area contributed by atoms with E-state index in [4.69, 9.17) is 0 Å². The number of carbonyl (C=O) groups excluding carboxylic acids is 1. The van der Waals surface area contributed by atoms with Gasteiger partial charge >= 0.3 is 5.97 Å². The van der Waals surface area contributed by atoms with Crippen LogP contribution in [0.4, 0.5) is 0 Å². The smallest absolute Gasteiger partial charge is 0.348 e. The van der Waals surface area contributed by atoms with Gasteiger partial charge in [0, 0.05) is 13.1 Å². The molecule has 0 amide bonds. The maximum atomic E-state index is 12.5. The molecule has 1 aliphatic heterocycles. The number of esters is 1. The Balaban J connectivity index is 2.36. The van der Waals surface area contributed by atoms with Crippen LogP contribution in [0.15, 0.2) is 14.7 Å². The van der Waals surface area contributed by atoms with Crippen molar-refractivity contribution in [2.75, 3.05) is 20.2 Å². The molecule has 2 heterocycles. The highest BCUT2D eigenvalue weighted by molar-refractivity contribution is 9.11. The van der Waals surface area contributed by atoms with Crippen LogP contribution >= 0.6 is 27.3 Å². The quantitative estimate of drug-likeness (QED) is 0.798. The Morgan fingerprint density at radius 2 is 2.25 bits per heavy atom. The van der Waals surface area contributed by atoms with E-state index in [0.717, 1.165) is 11.3 Å². The molecule has 9 heteroatoms. The Labute approximate surface area is 129 Å². The molecule has 6 nitrogen and oxygen atoms in total. The summed E-state index contributed by atoms with van der Waals surface area (Å²) in [5.74, 6) is -0.578. The molecule has 1 N–H and O–H groups in total. The summed E-state index contributed by atoms with van der Waals surface area (Å²) in [7, 11) is -2.49. The van der Waals surface area contributed by atoms with Crippen LogP contribution in [0.2, 0.25) is 0 Å². The predicted molar refractivity (Wildman–Crippen MR) is 77.4 cm³/mol. The largest absolute Gasteiger partial charge is 0.465 e.